The monoisotopic (exact) mass is 244 g/mol. The molecule has 0 saturated carbocycles. The molecule has 1 unspecified atom stereocenters. The molecule has 0 radical (unpaired) electrons. The van der Waals surface area contributed by atoms with Crippen molar-refractivity contribution in [2.45, 2.75) is 12.6 Å². The Bertz CT molecular complexity index is 310. The summed E-state index contributed by atoms with van der Waals surface area (Å²) in [5, 5.41) is 3.94. The summed E-state index contributed by atoms with van der Waals surface area (Å²) in [4.78, 5) is 3.93. The van der Waals surface area contributed by atoms with E-state index in [-0.39, 0.29) is 6.10 Å². The van der Waals surface area contributed by atoms with Crippen LogP contribution in [0.4, 0.5) is 0 Å². The van der Waals surface area contributed by atoms with Crippen molar-refractivity contribution in [2.75, 3.05) is 27.4 Å². The zero-order valence-corrected chi connectivity index (χ0v) is 10.3. The molecule has 4 nitrogen and oxygen atoms in total. The smallest absolute Gasteiger partial charge is 0.0928 e. The molecule has 1 heterocycles. The van der Waals surface area contributed by atoms with Gasteiger partial charge in [-0.25, -0.2) is 0 Å². The maximum Gasteiger partial charge on any atom is 0.0928 e. The van der Waals surface area contributed by atoms with E-state index in [1.807, 2.05) is 6.07 Å². The Hall–Kier alpha value is -0.680. The molecule has 16 heavy (non-hydrogen) atoms. The van der Waals surface area contributed by atoms with Crippen molar-refractivity contribution in [3.8, 4) is 0 Å². The van der Waals surface area contributed by atoms with Gasteiger partial charge in [0.25, 0.3) is 0 Å². The van der Waals surface area contributed by atoms with E-state index in [0.717, 1.165) is 12.1 Å². The number of aromatic nitrogens is 1. The summed E-state index contributed by atoms with van der Waals surface area (Å²) >= 11 is 5.98. The van der Waals surface area contributed by atoms with Gasteiger partial charge >= 0.3 is 0 Å². The summed E-state index contributed by atoms with van der Waals surface area (Å²) in [6, 6.07) is 1.90. The highest BCUT2D eigenvalue weighted by atomic mass is 35.5. The fourth-order valence-electron chi connectivity index (χ4n) is 1.31. The van der Waals surface area contributed by atoms with Crippen LogP contribution in [-0.2, 0) is 16.0 Å². The number of methoxy groups -OCH3 is 2. The van der Waals surface area contributed by atoms with E-state index in [0.29, 0.717) is 18.2 Å². The maximum atomic E-state index is 5.98. The molecule has 0 bridgehead atoms. The first-order valence-electron chi connectivity index (χ1n) is 5.08. The third-order valence-electron chi connectivity index (χ3n) is 2.23. The van der Waals surface area contributed by atoms with Gasteiger partial charge in [-0.1, -0.05) is 11.6 Å². The lowest BCUT2D eigenvalue weighted by molar-refractivity contribution is 0.0288. The van der Waals surface area contributed by atoms with Crippen molar-refractivity contribution in [1.82, 2.24) is 10.3 Å². The Morgan fingerprint density at radius 2 is 2.31 bits per heavy atom. The lowest BCUT2D eigenvalue weighted by atomic mass is 10.2. The summed E-state index contributed by atoms with van der Waals surface area (Å²) < 4.78 is 10.2. The largest absolute Gasteiger partial charge is 0.382 e. The Morgan fingerprint density at radius 1 is 1.50 bits per heavy atom. The van der Waals surface area contributed by atoms with Crippen LogP contribution in [0.5, 0.6) is 0 Å². The standard InChI is InChI=1S/C11H17ClN2O2/c1-15-8-10(16-2)6-14-5-9-3-4-13-7-11(9)12/h3-4,7,10,14H,5-6,8H2,1-2H3. The molecule has 0 saturated heterocycles. The van der Waals surface area contributed by atoms with Gasteiger partial charge in [0.2, 0.25) is 0 Å². The number of rotatable bonds is 7. The van der Waals surface area contributed by atoms with Crippen LogP contribution in [-0.4, -0.2) is 38.5 Å². The molecule has 1 aromatic rings. The summed E-state index contributed by atoms with van der Waals surface area (Å²) in [6.45, 7) is 2.00. The van der Waals surface area contributed by atoms with Crippen LogP contribution in [0.3, 0.4) is 0 Å². The lowest BCUT2D eigenvalue weighted by Crippen LogP contribution is -2.31. The van der Waals surface area contributed by atoms with Crippen LogP contribution in [0.25, 0.3) is 0 Å². The van der Waals surface area contributed by atoms with Gasteiger partial charge in [-0.05, 0) is 11.6 Å². The summed E-state index contributed by atoms with van der Waals surface area (Å²) in [7, 11) is 3.33. The van der Waals surface area contributed by atoms with Crippen molar-refractivity contribution >= 4 is 11.6 Å². The molecule has 0 aliphatic heterocycles. The van der Waals surface area contributed by atoms with Gasteiger partial charge in [0.1, 0.15) is 0 Å². The zero-order chi connectivity index (χ0) is 11.8. The average Bonchev–Trinajstić information content (AvgIpc) is 2.30. The number of hydrogen-bond acceptors (Lipinski definition) is 4. The van der Waals surface area contributed by atoms with Crippen LogP contribution in [0, 0.1) is 0 Å². The van der Waals surface area contributed by atoms with E-state index in [2.05, 4.69) is 10.3 Å². The molecule has 0 spiro atoms. The van der Waals surface area contributed by atoms with Crippen LogP contribution < -0.4 is 5.32 Å². The SMILES string of the molecule is COCC(CNCc1ccncc1Cl)OC. The number of halogens is 1. The van der Waals surface area contributed by atoms with Crippen LogP contribution >= 0.6 is 11.6 Å². The van der Waals surface area contributed by atoms with Crippen molar-refractivity contribution < 1.29 is 9.47 Å². The molecule has 90 valence electrons. The number of nitrogens with one attached hydrogen (secondary N) is 1. The van der Waals surface area contributed by atoms with Crippen molar-refractivity contribution in [3.05, 3.63) is 29.0 Å². The second kappa shape index (κ2) is 7.57. The van der Waals surface area contributed by atoms with Gasteiger partial charge in [0, 0.05) is 39.7 Å². The second-order valence-corrected chi connectivity index (χ2v) is 3.82. The summed E-state index contributed by atoms with van der Waals surface area (Å²) in [5.74, 6) is 0. The maximum absolute atomic E-state index is 5.98. The van der Waals surface area contributed by atoms with Crippen molar-refractivity contribution in [1.29, 1.82) is 0 Å². The fourth-order valence-corrected chi connectivity index (χ4v) is 1.50. The van der Waals surface area contributed by atoms with E-state index < -0.39 is 0 Å². The van der Waals surface area contributed by atoms with E-state index in [4.69, 9.17) is 21.1 Å². The molecule has 5 heteroatoms. The quantitative estimate of drug-likeness (QED) is 0.789. The highest BCUT2D eigenvalue weighted by Crippen LogP contribution is 2.12. The summed E-state index contributed by atoms with van der Waals surface area (Å²) in [5.41, 5.74) is 1.03. The predicted octanol–water partition coefficient (Wildman–Crippen LogP) is 1.49. The Labute approximate surface area is 101 Å². The first-order chi connectivity index (χ1) is 7.77. The first-order valence-corrected chi connectivity index (χ1v) is 5.46. The Balaban J connectivity index is 2.32. The van der Waals surface area contributed by atoms with Gasteiger partial charge in [-0.2, -0.15) is 0 Å². The van der Waals surface area contributed by atoms with Gasteiger partial charge in [-0.3, -0.25) is 4.98 Å². The first kappa shape index (κ1) is 13.4. The number of ether oxygens (including phenoxy) is 2. The molecule has 1 N–H and O–H groups in total. The van der Waals surface area contributed by atoms with Gasteiger partial charge in [0.15, 0.2) is 0 Å². The van der Waals surface area contributed by atoms with Gasteiger partial charge in [-0.15, -0.1) is 0 Å². The highest BCUT2D eigenvalue weighted by molar-refractivity contribution is 6.31. The molecule has 1 aromatic heterocycles. The minimum atomic E-state index is 0.0608. The molecular weight excluding hydrogens is 228 g/mol. The van der Waals surface area contributed by atoms with Gasteiger partial charge in [0.05, 0.1) is 17.7 Å². The molecule has 0 fully saturated rings. The molecule has 0 aromatic carbocycles. The minimum absolute atomic E-state index is 0.0608. The fraction of sp³-hybridized carbons (Fsp3) is 0.545. The van der Waals surface area contributed by atoms with Gasteiger partial charge < -0.3 is 14.8 Å². The molecule has 0 amide bonds. The number of hydrogen-bond donors (Lipinski definition) is 1. The third kappa shape index (κ3) is 4.45. The van der Waals surface area contributed by atoms with E-state index in [9.17, 15) is 0 Å². The molecule has 0 aliphatic carbocycles. The third-order valence-corrected chi connectivity index (χ3v) is 2.57. The summed E-state index contributed by atoms with van der Waals surface area (Å²) in [6.07, 6.45) is 3.43. The zero-order valence-electron chi connectivity index (χ0n) is 9.57. The highest BCUT2D eigenvalue weighted by Gasteiger charge is 2.06. The van der Waals surface area contributed by atoms with Crippen molar-refractivity contribution in [2.24, 2.45) is 0 Å². The average molecular weight is 245 g/mol. The van der Waals surface area contributed by atoms with E-state index in [1.165, 1.54) is 0 Å². The van der Waals surface area contributed by atoms with E-state index >= 15 is 0 Å². The minimum Gasteiger partial charge on any atom is -0.382 e. The normalized spacial score (nSPS) is 12.7. The van der Waals surface area contributed by atoms with E-state index in [1.54, 1.807) is 26.6 Å². The molecule has 1 rings (SSSR count). The molecular formula is C11H17ClN2O2. The topological polar surface area (TPSA) is 43.4 Å². The van der Waals surface area contributed by atoms with Crippen LogP contribution in [0.2, 0.25) is 5.02 Å². The van der Waals surface area contributed by atoms with Crippen LogP contribution in [0.1, 0.15) is 5.56 Å². The lowest BCUT2D eigenvalue weighted by Gasteiger charge is -2.15. The Morgan fingerprint density at radius 3 is 2.94 bits per heavy atom. The predicted molar refractivity (Wildman–Crippen MR) is 63.6 cm³/mol. The van der Waals surface area contributed by atoms with Crippen LogP contribution in [0.15, 0.2) is 18.5 Å². The Kier molecular flexibility index (Phi) is 6.33. The molecule has 0 aliphatic rings. The second-order valence-electron chi connectivity index (χ2n) is 3.41. The number of nitrogens with zero attached hydrogens (tertiary/aromatic N) is 1. The number of pyridine rings is 1. The van der Waals surface area contributed by atoms with Crippen molar-refractivity contribution in [3.63, 3.8) is 0 Å². The molecule has 1 atom stereocenters.